The van der Waals surface area contributed by atoms with Crippen LogP contribution in [0, 0.1) is 10.1 Å². The first kappa shape index (κ1) is 15.8. The molecule has 1 fully saturated rings. The van der Waals surface area contributed by atoms with Crippen LogP contribution < -0.4 is 10.5 Å². The molecule has 7 nitrogen and oxygen atoms in total. The Kier molecular flexibility index (Phi) is 4.82. The van der Waals surface area contributed by atoms with Gasteiger partial charge in [0.25, 0.3) is 5.88 Å². The summed E-state index contributed by atoms with van der Waals surface area (Å²) >= 11 is 0. The van der Waals surface area contributed by atoms with Gasteiger partial charge in [-0.1, -0.05) is 32.6 Å². The number of aryl methyl sites for hydroxylation is 2. The van der Waals surface area contributed by atoms with Crippen LogP contribution in [-0.2, 0) is 13.5 Å². The molecule has 0 saturated heterocycles. The molecule has 1 saturated carbocycles. The van der Waals surface area contributed by atoms with E-state index in [0.717, 1.165) is 32.1 Å². The molecule has 0 aliphatic heterocycles. The first-order chi connectivity index (χ1) is 9.97. The molecule has 7 heteroatoms. The van der Waals surface area contributed by atoms with Crippen molar-refractivity contribution in [2.75, 3.05) is 6.61 Å². The van der Waals surface area contributed by atoms with Crippen molar-refractivity contribution in [3.05, 3.63) is 15.8 Å². The minimum atomic E-state index is -0.405. The Balaban J connectivity index is 2.17. The predicted molar refractivity (Wildman–Crippen MR) is 79.4 cm³/mol. The highest BCUT2D eigenvalue weighted by molar-refractivity contribution is 5.46. The third-order valence-electron chi connectivity index (χ3n) is 4.06. The minimum absolute atomic E-state index is 0.0150. The van der Waals surface area contributed by atoms with E-state index in [2.05, 4.69) is 5.10 Å². The van der Waals surface area contributed by atoms with E-state index in [1.54, 1.807) is 7.05 Å². The fraction of sp³-hybridized carbons (Fsp3) is 0.786. The van der Waals surface area contributed by atoms with Crippen LogP contribution in [0.25, 0.3) is 0 Å². The van der Waals surface area contributed by atoms with E-state index in [0.29, 0.717) is 18.7 Å². The van der Waals surface area contributed by atoms with Crippen molar-refractivity contribution in [1.82, 2.24) is 9.78 Å². The number of nitrogens with zero attached hydrogens (tertiary/aromatic N) is 3. The van der Waals surface area contributed by atoms with Crippen LogP contribution in [0.15, 0.2) is 0 Å². The number of hydrogen-bond donors (Lipinski definition) is 1. The van der Waals surface area contributed by atoms with Crippen molar-refractivity contribution in [3.8, 4) is 5.88 Å². The number of nitrogens with two attached hydrogens (primary N) is 1. The van der Waals surface area contributed by atoms with Crippen LogP contribution in [0.2, 0.25) is 0 Å². The molecule has 0 aromatic carbocycles. The monoisotopic (exact) mass is 296 g/mol. The lowest BCUT2D eigenvalue weighted by atomic mass is 9.83. The standard InChI is InChI=1S/C14H24N4O3/c1-3-7-11-12(18(19)20)13(17(2)16-11)21-10-14(15)8-5-4-6-9-14/h3-10,15H2,1-2H3. The highest BCUT2D eigenvalue weighted by Gasteiger charge is 2.32. The molecule has 1 aliphatic carbocycles. The van der Waals surface area contributed by atoms with Crippen LogP contribution in [0.4, 0.5) is 5.69 Å². The zero-order valence-corrected chi connectivity index (χ0v) is 12.8. The second kappa shape index (κ2) is 6.43. The topological polar surface area (TPSA) is 96.2 Å². The maximum absolute atomic E-state index is 11.3. The van der Waals surface area contributed by atoms with E-state index >= 15 is 0 Å². The average molecular weight is 296 g/mol. The van der Waals surface area contributed by atoms with Crippen LogP contribution in [-0.4, -0.2) is 26.8 Å². The molecule has 0 radical (unpaired) electrons. The smallest absolute Gasteiger partial charge is 0.353 e. The predicted octanol–water partition coefficient (Wildman–Crippen LogP) is 2.32. The Labute approximate surface area is 124 Å². The van der Waals surface area contributed by atoms with Crippen LogP contribution in [0.1, 0.15) is 51.1 Å². The van der Waals surface area contributed by atoms with Crippen molar-refractivity contribution in [2.24, 2.45) is 12.8 Å². The second-order valence-corrected chi connectivity index (χ2v) is 5.94. The molecule has 118 valence electrons. The fourth-order valence-electron chi connectivity index (χ4n) is 2.91. The average Bonchev–Trinajstić information content (AvgIpc) is 2.74. The number of nitro groups is 1. The Morgan fingerprint density at radius 3 is 2.67 bits per heavy atom. The number of rotatable bonds is 6. The molecule has 0 atom stereocenters. The largest absolute Gasteiger partial charge is 0.471 e. The Hall–Kier alpha value is -1.63. The first-order valence-electron chi connectivity index (χ1n) is 7.59. The Morgan fingerprint density at radius 2 is 2.10 bits per heavy atom. The zero-order chi connectivity index (χ0) is 15.5. The molecule has 0 bridgehead atoms. The summed E-state index contributed by atoms with van der Waals surface area (Å²) in [5, 5.41) is 15.5. The highest BCUT2D eigenvalue weighted by atomic mass is 16.6. The van der Waals surface area contributed by atoms with E-state index in [9.17, 15) is 10.1 Å². The van der Waals surface area contributed by atoms with Crippen molar-refractivity contribution >= 4 is 5.69 Å². The lowest BCUT2D eigenvalue weighted by molar-refractivity contribution is -0.386. The SMILES string of the molecule is CCCc1nn(C)c(OCC2(N)CCCCC2)c1[N+](=O)[O-]. The summed E-state index contributed by atoms with van der Waals surface area (Å²) < 4.78 is 7.19. The summed E-state index contributed by atoms with van der Waals surface area (Å²) in [7, 11) is 1.67. The van der Waals surface area contributed by atoms with Crippen molar-refractivity contribution < 1.29 is 9.66 Å². The fourth-order valence-corrected chi connectivity index (χ4v) is 2.91. The summed E-state index contributed by atoms with van der Waals surface area (Å²) in [4.78, 5) is 10.9. The molecular formula is C14H24N4O3. The molecule has 0 unspecified atom stereocenters. The Morgan fingerprint density at radius 1 is 1.43 bits per heavy atom. The Bertz CT molecular complexity index is 507. The second-order valence-electron chi connectivity index (χ2n) is 5.94. The van der Waals surface area contributed by atoms with E-state index in [4.69, 9.17) is 10.5 Å². The number of hydrogen-bond acceptors (Lipinski definition) is 5. The van der Waals surface area contributed by atoms with Gasteiger partial charge in [0.05, 0.1) is 10.5 Å². The lowest BCUT2D eigenvalue weighted by Gasteiger charge is -2.32. The maximum atomic E-state index is 11.3. The molecule has 0 spiro atoms. The summed E-state index contributed by atoms with van der Waals surface area (Å²) in [6.07, 6.45) is 6.56. The van der Waals surface area contributed by atoms with Gasteiger partial charge in [0.2, 0.25) is 0 Å². The number of aromatic nitrogens is 2. The van der Waals surface area contributed by atoms with Gasteiger partial charge in [0, 0.05) is 7.05 Å². The van der Waals surface area contributed by atoms with Gasteiger partial charge in [0.1, 0.15) is 12.3 Å². The molecule has 2 N–H and O–H groups in total. The van der Waals surface area contributed by atoms with E-state index in [1.807, 2.05) is 6.92 Å². The molecule has 1 aliphatic rings. The summed E-state index contributed by atoms with van der Waals surface area (Å²) in [5.74, 6) is 0.221. The van der Waals surface area contributed by atoms with Gasteiger partial charge in [-0.3, -0.25) is 10.1 Å². The van der Waals surface area contributed by atoms with Crippen LogP contribution in [0.3, 0.4) is 0 Å². The summed E-state index contributed by atoms with van der Waals surface area (Å²) in [5.41, 5.74) is 6.42. The van der Waals surface area contributed by atoms with Gasteiger partial charge in [-0.15, -0.1) is 0 Å². The van der Waals surface area contributed by atoms with E-state index < -0.39 is 4.92 Å². The lowest BCUT2D eigenvalue weighted by Crippen LogP contribution is -2.47. The normalized spacial score (nSPS) is 17.7. The zero-order valence-electron chi connectivity index (χ0n) is 12.8. The molecule has 1 aromatic rings. The third-order valence-corrected chi connectivity index (χ3v) is 4.06. The maximum Gasteiger partial charge on any atom is 0.353 e. The number of ether oxygens (including phenoxy) is 1. The first-order valence-corrected chi connectivity index (χ1v) is 7.59. The summed E-state index contributed by atoms with van der Waals surface area (Å²) in [6.45, 7) is 2.27. The van der Waals surface area contributed by atoms with Gasteiger partial charge in [-0.2, -0.15) is 5.10 Å². The van der Waals surface area contributed by atoms with E-state index in [-0.39, 0.29) is 17.1 Å². The molecule has 0 amide bonds. The summed E-state index contributed by atoms with van der Waals surface area (Å²) in [6, 6.07) is 0. The van der Waals surface area contributed by atoms with Crippen LogP contribution in [0.5, 0.6) is 5.88 Å². The van der Waals surface area contributed by atoms with Crippen LogP contribution >= 0.6 is 0 Å². The quantitative estimate of drug-likeness (QED) is 0.642. The highest BCUT2D eigenvalue weighted by Crippen LogP contribution is 2.33. The minimum Gasteiger partial charge on any atom is -0.471 e. The van der Waals surface area contributed by atoms with Gasteiger partial charge in [-0.25, -0.2) is 4.68 Å². The van der Waals surface area contributed by atoms with Gasteiger partial charge >= 0.3 is 5.69 Å². The molecule has 1 aromatic heterocycles. The van der Waals surface area contributed by atoms with Crippen molar-refractivity contribution in [1.29, 1.82) is 0 Å². The molecule has 2 rings (SSSR count). The van der Waals surface area contributed by atoms with E-state index in [1.165, 1.54) is 11.1 Å². The van der Waals surface area contributed by atoms with Gasteiger partial charge < -0.3 is 10.5 Å². The third kappa shape index (κ3) is 3.53. The molecular weight excluding hydrogens is 272 g/mol. The van der Waals surface area contributed by atoms with Gasteiger partial charge in [0.15, 0.2) is 0 Å². The van der Waals surface area contributed by atoms with Crippen molar-refractivity contribution in [3.63, 3.8) is 0 Å². The van der Waals surface area contributed by atoms with Crippen molar-refractivity contribution in [2.45, 2.75) is 57.4 Å². The molecule has 1 heterocycles. The molecule has 21 heavy (non-hydrogen) atoms. The van der Waals surface area contributed by atoms with Gasteiger partial charge in [-0.05, 0) is 19.3 Å².